The third-order valence-corrected chi connectivity index (χ3v) is 2.88. The molecule has 0 saturated carbocycles. The van der Waals surface area contributed by atoms with Crippen molar-refractivity contribution in [2.75, 3.05) is 5.32 Å². The van der Waals surface area contributed by atoms with Crippen LogP contribution >= 0.6 is 11.6 Å². The third kappa shape index (κ3) is 3.03. The van der Waals surface area contributed by atoms with Crippen LogP contribution in [0.15, 0.2) is 30.9 Å². The molecule has 0 saturated heterocycles. The van der Waals surface area contributed by atoms with E-state index in [4.69, 9.17) is 11.6 Å². The Kier molecular flexibility index (Phi) is 3.49. The molecule has 0 aliphatic heterocycles. The minimum absolute atomic E-state index is 0.0522. The maximum Gasteiger partial charge on any atom is 0.573 e. The van der Waals surface area contributed by atoms with Gasteiger partial charge in [0.25, 0.3) is 0 Å². The summed E-state index contributed by atoms with van der Waals surface area (Å²) in [6.45, 7) is 0. The summed E-state index contributed by atoms with van der Waals surface area (Å²) in [4.78, 5) is 14.6. The smallest absolute Gasteiger partial charge is 0.404 e. The van der Waals surface area contributed by atoms with Gasteiger partial charge in [-0.15, -0.1) is 13.2 Å². The molecule has 2 heterocycles. The van der Waals surface area contributed by atoms with Crippen LogP contribution in [-0.2, 0) is 0 Å². The second-order valence-corrected chi connectivity index (χ2v) is 4.57. The molecule has 2 aromatic heterocycles. The molecule has 3 rings (SSSR count). The van der Waals surface area contributed by atoms with Crippen molar-refractivity contribution in [1.82, 2.24) is 19.9 Å². The second kappa shape index (κ2) is 5.34. The van der Waals surface area contributed by atoms with E-state index < -0.39 is 12.1 Å². The maximum absolute atomic E-state index is 12.5. The number of halogens is 4. The highest BCUT2D eigenvalue weighted by atomic mass is 35.5. The Morgan fingerprint density at radius 3 is 2.77 bits per heavy atom. The summed E-state index contributed by atoms with van der Waals surface area (Å²) in [6, 6.07) is 3.84. The van der Waals surface area contributed by atoms with Crippen LogP contribution < -0.4 is 10.1 Å². The molecule has 22 heavy (non-hydrogen) atoms. The van der Waals surface area contributed by atoms with Crippen LogP contribution in [0.25, 0.3) is 11.2 Å². The molecule has 0 amide bonds. The van der Waals surface area contributed by atoms with Crippen molar-refractivity contribution in [2.24, 2.45) is 0 Å². The van der Waals surface area contributed by atoms with Gasteiger partial charge in [0.05, 0.1) is 12.0 Å². The number of nitrogens with one attached hydrogen (secondary N) is 2. The van der Waals surface area contributed by atoms with Crippen LogP contribution in [0.5, 0.6) is 5.75 Å². The molecule has 114 valence electrons. The third-order valence-electron chi connectivity index (χ3n) is 2.65. The highest BCUT2D eigenvalue weighted by Crippen LogP contribution is 2.34. The summed E-state index contributed by atoms with van der Waals surface area (Å²) in [5, 5.41) is 2.86. The molecular formula is C12H7ClF3N5O. The lowest BCUT2D eigenvalue weighted by atomic mass is 10.3. The van der Waals surface area contributed by atoms with E-state index in [0.29, 0.717) is 11.2 Å². The monoisotopic (exact) mass is 329 g/mol. The first-order valence-corrected chi connectivity index (χ1v) is 6.26. The Bertz CT molecular complexity index is 820. The van der Waals surface area contributed by atoms with Gasteiger partial charge >= 0.3 is 6.36 Å². The molecule has 3 aromatic rings. The molecule has 0 aliphatic carbocycles. The van der Waals surface area contributed by atoms with Crippen LogP contribution in [-0.4, -0.2) is 26.3 Å². The number of fused-ring (bicyclic) bond motifs is 1. The molecule has 0 spiro atoms. The zero-order valence-electron chi connectivity index (χ0n) is 10.6. The Morgan fingerprint density at radius 2 is 2.00 bits per heavy atom. The Labute approximate surface area is 126 Å². The first kappa shape index (κ1) is 14.4. The van der Waals surface area contributed by atoms with Crippen LogP contribution in [0.2, 0.25) is 5.02 Å². The second-order valence-electron chi connectivity index (χ2n) is 4.14. The van der Waals surface area contributed by atoms with E-state index in [2.05, 4.69) is 30.0 Å². The van der Waals surface area contributed by atoms with E-state index >= 15 is 0 Å². The summed E-state index contributed by atoms with van der Waals surface area (Å²) >= 11 is 5.71. The minimum atomic E-state index is -4.84. The SMILES string of the molecule is FC(F)(F)Oc1cc(Cl)ccc1Nc1ncnc2nc[nH]c12. The summed E-state index contributed by atoms with van der Waals surface area (Å²) in [6.07, 6.45) is -2.19. The topological polar surface area (TPSA) is 75.7 Å². The number of ether oxygens (including phenoxy) is 1. The average Bonchev–Trinajstić information content (AvgIpc) is 2.89. The Morgan fingerprint density at radius 1 is 1.18 bits per heavy atom. The van der Waals surface area contributed by atoms with Gasteiger partial charge < -0.3 is 15.0 Å². The van der Waals surface area contributed by atoms with Crippen LogP contribution in [0.4, 0.5) is 24.7 Å². The number of aromatic nitrogens is 4. The first-order valence-electron chi connectivity index (χ1n) is 5.89. The lowest BCUT2D eigenvalue weighted by Gasteiger charge is -2.14. The van der Waals surface area contributed by atoms with E-state index in [1.165, 1.54) is 24.8 Å². The zero-order valence-corrected chi connectivity index (χ0v) is 11.4. The van der Waals surface area contributed by atoms with Crippen molar-refractivity contribution >= 4 is 34.3 Å². The van der Waals surface area contributed by atoms with Gasteiger partial charge in [0.2, 0.25) is 0 Å². The Hall–Kier alpha value is -2.55. The van der Waals surface area contributed by atoms with Crippen LogP contribution in [0, 0.1) is 0 Å². The number of H-pyrrole nitrogens is 1. The number of anilines is 2. The molecule has 6 nitrogen and oxygen atoms in total. The van der Waals surface area contributed by atoms with Gasteiger partial charge in [0.1, 0.15) is 11.8 Å². The normalized spacial score (nSPS) is 11.6. The van der Waals surface area contributed by atoms with E-state index in [-0.39, 0.29) is 16.5 Å². The number of hydrogen-bond acceptors (Lipinski definition) is 5. The van der Waals surface area contributed by atoms with Crippen molar-refractivity contribution in [3.05, 3.63) is 35.9 Å². The molecule has 0 unspecified atom stereocenters. The van der Waals surface area contributed by atoms with Crippen molar-refractivity contribution in [3.63, 3.8) is 0 Å². The Balaban J connectivity index is 2.00. The van der Waals surface area contributed by atoms with Gasteiger partial charge in [-0.2, -0.15) is 0 Å². The van der Waals surface area contributed by atoms with Crippen molar-refractivity contribution in [3.8, 4) is 5.75 Å². The molecule has 10 heteroatoms. The van der Waals surface area contributed by atoms with Gasteiger partial charge in [-0.1, -0.05) is 11.6 Å². The number of benzene rings is 1. The lowest BCUT2D eigenvalue weighted by molar-refractivity contribution is -0.274. The highest BCUT2D eigenvalue weighted by molar-refractivity contribution is 6.30. The van der Waals surface area contributed by atoms with Crippen LogP contribution in [0.3, 0.4) is 0 Å². The lowest BCUT2D eigenvalue weighted by Crippen LogP contribution is -2.18. The van der Waals surface area contributed by atoms with Gasteiger partial charge in [-0.25, -0.2) is 15.0 Å². The van der Waals surface area contributed by atoms with Crippen molar-refractivity contribution in [2.45, 2.75) is 6.36 Å². The van der Waals surface area contributed by atoms with Crippen molar-refractivity contribution < 1.29 is 17.9 Å². The quantitative estimate of drug-likeness (QED) is 0.767. The fraction of sp³-hybridized carbons (Fsp3) is 0.0833. The average molecular weight is 330 g/mol. The van der Waals surface area contributed by atoms with Crippen LogP contribution in [0.1, 0.15) is 0 Å². The fourth-order valence-corrected chi connectivity index (χ4v) is 1.96. The van der Waals surface area contributed by atoms with Gasteiger partial charge in [0, 0.05) is 11.1 Å². The zero-order chi connectivity index (χ0) is 15.7. The number of alkyl halides is 3. The first-order chi connectivity index (χ1) is 10.4. The number of imidazole rings is 1. The standard InChI is InChI=1S/C12H7ClF3N5O/c13-6-1-2-7(8(3-6)22-12(14,15)16)21-11-9-10(18-4-17-9)19-5-20-11/h1-5H,(H2,17,18,19,20,21). The number of nitrogens with zero attached hydrogens (tertiary/aromatic N) is 3. The molecule has 2 N–H and O–H groups in total. The molecule has 0 atom stereocenters. The maximum atomic E-state index is 12.5. The molecule has 0 aliphatic rings. The van der Waals surface area contributed by atoms with Gasteiger partial charge in [-0.3, -0.25) is 0 Å². The summed E-state index contributed by atoms with van der Waals surface area (Å²) in [5.74, 6) is -0.205. The fourth-order valence-electron chi connectivity index (χ4n) is 1.80. The number of hydrogen-bond donors (Lipinski definition) is 2. The molecule has 0 fully saturated rings. The number of aromatic amines is 1. The van der Waals surface area contributed by atoms with E-state index in [9.17, 15) is 13.2 Å². The van der Waals surface area contributed by atoms with Gasteiger partial charge in [0.15, 0.2) is 17.2 Å². The van der Waals surface area contributed by atoms with E-state index in [1.54, 1.807) is 0 Å². The molecular weight excluding hydrogens is 323 g/mol. The predicted molar refractivity (Wildman–Crippen MR) is 73.1 cm³/mol. The predicted octanol–water partition coefficient (Wildman–Crippen LogP) is 3.65. The largest absolute Gasteiger partial charge is 0.573 e. The van der Waals surface area contributed by atoms with E-state index in [1.807, 2.05) is 0 Å². The number of rotatable bonds is 3. The summed E-state index contributed by atoms with van der Waals surface area (Å²) < 4.78 is 41.3. The summed E-state index contributed by atoms with van der Waals surface area (Å²) in [5.41, 5.74) is 0.886. The minimum Gasteiger partial charge on any atom is -0.404 e. The highest BCUT2D eigenvalue weighted by Gasteiger charge is 2.32. The van der Waals surface area contributed by atoms with Crippen molar-refractivity contribution in [1.29, 1.82) is 0 Å². The summed E-state index contributed by atoms with van der Waals surface area (Å²) in [7, 11) is 0. The molecule has 0 bridgehead atoms. The van der Waals surface area contributed by atoms with Gasteiger partial charge in [-0.05, 0) is 12.1 Å². The molecule has 1 aromatic carbocycles. The van der Waals surface area contributed by atoms with E-state index in [0.717, 1.165) is 6.07 Å². The molecule has 0 radical (unpaired) electrons.